The number of amides is 1. The number of alkyl carbamates (subject to hydrolysis) is 1. The Morgan fingerprint density at radius 1 is 1.39 bits per heavy atom. The summed E-state index contributed by atoms with van der Waals surface area (Å²) < 4.78 is 5.11. The summed E-state index contributed by atoms with van der Waals surface area (Å²) in [6.07, 6.45) is 3.37. The molecule has 1 N–H and O–H groups in total. The van der Waals surface area contributed by atoms with Crippen LogP contribution in [0.25, 0.3) is 6.08 Å². The predicted molar refractivity (Wildman–Crippen MR) is 77.0 cm³/mol. The van der Waals surface area contributed by atoms with Crippen molar-refractivity contribution in [2.24, 2.45) is 0 Å². The maximum Gasteiger partial charge on any atom is 0.407 e. The van der Waals surface area contributed by atoms with Gasteiger partial charge in [0.15, 0.2) is 0 Å². The normalized spacial score (nSPS) is 11.6. The Kier molecular flexibility index (Phi) is 5.28. The first-order chi connectivity index (χ1) is 8.38. The average molecular weight is 265 g/mol. The predicted octanol–water partition coefficient (Wildman–Crippen LogP) is 3.51. The van der Waals surface area contributed by atoms with Crippen molar-refractivity contribution in [2.45, 2.75) is 31.3 Å². The van der Waals surface area contributed by atoms with Crippen molar-refractivity contribution >= 4 is 24.8 Å². The summed E-state index contributed by atoms with van der Waals surface area (Å²) in [4.78, 5) is 12.3. The highest BCUT2D eigenvalue weighted by molar-refractivity contribution is 7.80. The molecule has 0 radical (unpaired) electrons. The molecule has 0 aliphatic heterocycles. The fraction of sp³-hybridized carbons (Fsp3) is 0.357. The standard InChI is InChI=1S/C14H19NO2S/c1-14(2,3)17-13(16)15-10-6-8-11-7-4-5-9-12(11)18/h4-9,18H,10H2,1-3H3,(H,15,16). The first-order valence-corrected chi connectivity index (χ1v) is 6.24. The minimum absolute atomic E-state index is 0.411. The molecule has 18 heavy (non-hydrogen) atoms. The van der Waals surface area contributed by atoms with Gasteiger partial charge in [-0.2, -0.15) is 0 Å². The Labute approximate surface area is 114 Å². The molecule has 0 atom stereocenters. The first kappa shape index (κ1) is 14.6. The second-order valence-corrected chi connectivity index (χ2v) is 5.33. The SMILES string of the molecule is CC(C)(C)OC(=O)NCC=Cc1ccccc1S. The highest BCUT2D eigenvalue weighted by Crippen LogP contribution is 2.14. The fourth-order valence-corrected chi connectivity index (χ4v) is 1.51. The van der Waals surface area contributed by atoms with Crippen LogP contribution < -0.4 is 5.32 Å². The molecule has 0 saturated carbocycles. The summed E-state index contributed by atoms with van der Waals surface area (Å²) in [6.45, 7) is 5.93. The molecule has 0 bridgehead atoms. The van der Waals surface area contributed by atoms with Crippen LogP contribution in [0.2, 0.25) is 0 Å². The van der Waals surface area contributed by atoms with Crippen LogP contribution in [0.3, 0.4) is 0 Å². The van der Waals surface area contributed by atoms with E-state index < -0.39 is 11.7 Å². The molecule has 0 unspecified atom stereocenters. The number of rotatable bonds is 3. The van der Waals surface area contributed by atoms with Crippen LogP contribution in [-0.2, 0) is 4.74 Å². The molecule has 1 rings (SSSR count). The molecular weight excluding hydrogens is 246 g/mol. The van der Waals surface area contributed by atoms with E-state index in [1.54, 1.807) is 0 Å². The summed E-state index contributed by atoms with van der Waals surface area (Å²) in [7, 11) is 0. The lowest BCUT2D eigenvalue weighted by atomic mass is 10.2. The number of ether oxygens (including phenoxy) is 1. The summed E-state index contributed by atoms with van der Waals surface area (Å²) >= 11 is 4.33. The van der Waals surface area contributed by atoms with Crippen molar-refractivity contribution < 1.29 is 9.53 Å². The number of hydrogen-bond acceptors (Lipinski definition) is 3. The van der Waals surface area contributed by atoms with Gasteiger partial charge in [0, 0.05) is 11.4 Å². The van der Waals surface area contributed by atoms with E-state index in [1.165, 1.54) is 0 Å². The summed E-state index contributed by atoms with van der Waals surface area (Å²) in [5.74, 6) is 0. The Morgan fingerprint density at radius 2 is 2.06 bits per heavy atom. The van der Waals surface area contributed by atoms with Crippen LogP contribution in [0.15, 0.2) is 35.2 Å². The topological polar surface area (TPSA) is 38.3 Å². The largest absolute Gasteiger partial charge is 0.444 e. The zero-order valence-electron chi connectivity index (χ0n) is 10.9. The molecule has 1 aromatic rings. The molecule has 0 saturated heterocycles. The molecular formula is C14H19NO2S. The number of nitrogens with one attached hydrogen (secondary N) is 1. The van der Waals surface area contributed by atoms with E-state index in [0.717, 1.165) is 10.5 Å². The van der Waals surface area contributed by atoms with E-state index in [-0.39, 0.29) is 0 Å². The van der Waals surface area contributed by atoms with E-state index in [2.05, 4.69) is 17.9 Å². The fourth-order valence-electron chi connectivity index (χ4n) is 1.27. The van der Waals surface area contributed by atoms with Crippen molar-refractivity contribution in [3.05, 3.63) is 35.9 Å². The molecule has 0 spiro atoms. The van der Waals surface area contributed by atoms with Crippen LogP contribution in [0.5, 0.6) is 0 Å². The molecule has 0 heterocycles. The summed E-state index contributed by atoms with van der Waals surface area (Å²) in [6, 6.07) is 7.76. The van der Waals surface area contributed by atoms with Gasteiger partial charge in [-0.3, -0.25) is 0 Å². The molecule has 0 aromatic heterocycles. The molecule has 0 fully saturated rings. The van der Waals surface area contributed by atoms with E-state index >= 15 is 0 Å². The molecule has 98 valence electrons. The van der Waals surface area contributed by atoms with Crippen LogP contribution >= 0.6 is 12.6 Å². The molecule has 1 amide bonds. The number of carbonyl (C=O) groups is 1. The van der Waals surface area contributed by atoms with Crippen molar-refractivity contribution in [1.29, 1.82) is 0 Å². The second kappa shape index (κ2) is 6.50. The van der Waals surface area contributed by atoms with Crippen LogP contribution in [0.1, 0.15) is 26.3 Å². The lowest BCUT2D eigenvalue weighted by molar-refractivity contribution is 0.0534. The number of hydrogen-bond donors (Lipinski definition) is 2. The third kappa shape index (κ3) is 5.77. The van der Waals surface area contributed by atoms with Crippen molar-refractivity contribution in [3.63, 3.8) is 0 Å². The van der Waals surface area contributed by atoms with E-state index in [0.29, 0.717) is 6.54 Å². The van der Waals surface area contributed by atoms with Gasteiger partial charge in [0.1, 0.15) is 5.60 Å². The smallest absolute Gasteiger partial charge is 0.407 e. The summed E-state index contributed by atoms with van der Waals surface area (Å²) in [5, 5.41) is 2.66. The monoisotopic (exact) mass is 265 g/mol. The van der Waals surface area contributed by atoms with Crippen LogP contribution in [-0.4, -0.2) is 18.2 Å². The van der Waals surface area contributed by atoms with Gasteiger partial charge in [-0.05, 0) is 32.4 Å². The van der Waals surface area contributed by atoms with Gasteiger partial charge in [-0.1, -0.05) is 30.4 Å². The van der Waals surface area contributed by atoms with E-state index in [9.17, 15) is 4.79 Å². The number of thiol groups is 1. The lowest BCUT2D eigenvalue weighted by Crippen LogP contribution is -2.32. The molecule has 1 aromatic carbocycles. The molecule has 0 aliphatic rings. The average Bonchev–Trinajstić information content (AvgIpc) is 2.24. The van der Waals surface area contributed by atoms with Crippen molar-refractivity contribution in [1.82, 2.24) is 5.32 Å². The van der Waals surface area contributed by atoms with Gasteiger partial charge < -0.3 is 10.1 Å². The van der Waals surface area contributed by atoms with E-state index in [4.69, 9.17) is 4.74 Å². The third-order valence-corrected chi connectivity index (χ3v) is 2.40. The highest BCUT2D eigenvalue weighted by atomic mass is 32.1. The number of benzene rings is 1. The minimum Gasteiger partial charge on any atom is -0.444 e. The Hall–Kier alpha value is -1.42. The van der Waals surface area contributed by atoms with Crippen molar-refractivity contribution in [2.75, 3.05) is 6.54 Å². The minimum atomic E-state index is -0.467. The quantitative estimate of drug-likeness (QED) is 0.821. The van der Waals surface area contributed by atoms with E-state index in [1.807, 2.05) is 57.2 Å². The first-order valence-electron chi connectivity index (χ1n) is 5.80. The molecule has 4 heteroatoms. The maximum absolute atomic E-state index is 11.4. The lowest BCUT2D eigenvalue weighted by Gasteiger charge is -2.19. The van der Waals surface area contributed by atoms with Crippen LogP contribution in [0.4, 0.5) is 4.79 Å². The van der Waals surface area contributed by atoms with Crippen molar-refractivity contribution in [3.8, 4) is 0 Å². The van der Waals surface area contributed by atoms with Gasteiger partial charge in [0.2, 0.25) is 0 Å². The van der Waals surface area contributed by atoms with Crippen LogP contribution in [0, 0.1) is 0 Å². The number of carbonyl (C=O) groups excluding carboxylic acids is 1. The molecule has 3 nitrogen and oxygen atoms in total. The maximum atomic E-state index is 11.4. The van der Waals surface area contributed by atoms with Gasteiger partial charge >= 0.3 is 6.09 Å². The van der Waals surface area contributed by atoms with Gasteiger partial charge in [-0.25, -0.2) is 4.79 Å². The molecule has 0 aliphatic carbocycles. The Bertz CT molecular complexity index is 436. The Morgan fingerprint density at radius 3 is 2.67 bits per heavy atom. The second-order valence-electron chi connectivity index (χ2n) is 4.84. The highest BCUT2D eigenvalue weighted by Gasteiger charge is 2.14. The zero-order valence-corrected chi connectivity index (χ0v) is 11.8. The summed E-state index contributed by atoms with van der Waals surface area (Å²) in [5.41, 5.74) is 0.553. The zero-order chi connectivity index (χ0) is 13.6. The third-order valence-electron chi connectivity index (χ3n) is 2.00. The van der Waals surface area contributed by atoms with Gasteiger partial charge in [0.25, 0.3) is 0 Å². The Balaban J connectivity index is 2.38. The van der Waals surface area contributed by atoms with Gasteiger partial charge in [-0.15, -0.1) is 12.6 Å². The van der Waals surface area contributed by atoms with Gasteiger partial charge in [0.05, 0.1) is 0 Å².